The molecule has 0 aliphatic carbocycles. The molecule has 0 spiro atoms. The molecule has 0 unspecified atom stereocenters. The zero-order chi connectivity index (χ0) is 16.9. The van der Waals surface area contributed by atoms with Crippen molar-refractivity contribution in [3.63, 3.8) is 0 Å². The van der Waals surface area contributed by atoms with E-state index in [1.54, 1.807) is 23.9 Å². The van der Waals surface area contributed by atoms with Crippen LogP contribution in [0.4, 0.5) is 0 Å². The number of Topliss-reactive ketones (excluding diaryl/α,β-unsaturated/α-hetero) is 1. The number of carbonyl (C=O) groups is 2. The first-order chi connectivity index (χ1) is 10.2. The Kier molecular flexibility index (Phi) is 5.88. The van der Waals surface area contributed by atoms with Crippen molar-refractivity contribution in [2.75, 3.05) is 7.11 Å². The van der Waals surface area contributed by atoms with Crippen LogP contribution in [0.5, 0.6) is 5.75 Å². The fourth-order valence-corrected chi connectivity index (χ4v) is 1.80. The maximum atomic E-state index is 11.4. The maximum absolute atomic E-state index is 11.4. The summed E-state index contributed by atoms with van der Waals surface area (Å²) in [5.74, 6) is 0.0269. The average Bonchev–Trinajstić information content (AvgIpc) is 2.77. The maximum Gasteiger partial charge on any atom is 0.161 e. The van der Waals surface area contributed by atoms with Crippen LogP contribution in [0, 0.1) is 0 Å². The van der Waals surface area contributed by atoms with Crippen LogP contribution in [0.15, 0.2) is 24.4 Å². The SMILES string of the molecule is CC(=O)c1cn(CC=O)c2ccc(O)cc12.COC(C)(C)C. The molecule has 0 saturated heterocycles. The van der Waals surface area contributed by atoms with Gasteiger partial charge in [-0.25, -0.2) is 0 Å². The third kappa shape index (κ3) is 4.70. The van der Waals surface area contributed by atoms with Gasteiger partial charge in [0.25, 0.3) is 0 Å². The highest BCUT2D eigenvalue weighted by atomic mass is 16.5. The lowest BCUT2D eigenvalue weighted by Gasteiger charge is -2.14. The van der Waals surface area contributed by atoms with Crippen LogP contribution in [0.1, 0.15) is 38.1 Å². The first-order valence-corrected chi connectivity index (χ1v) is 7.01. The van der Waals surface area contributed by atoms with Gasteiger partial charge in [0.2, 0.25) is 0 Å². The Bertz CT molecular complexity index is 665. The average molecular weight is 305 g/mol. The summed E-state index contributed by atoms with van der Waals surface area (Å²) in [6.45, 7) is 7.73. The van der Waals surface area contributed by atoms with E-state index in [-0.39, 0.29) is 23.7 Å². The summed E-state index contributed by atoms with van der Waals surface area (Å²) in [6, 6.07) is 4.77. The van der Waals surface area contributed by atoms with Crippen LogP contribution in [0.25, 0.3) is 10.9 Å². The number of aldehydes is 1. The van der Waals surface area contributed by atoms with E-state index in [9.17, 15) is 14.7 Å². The fourth-order valence-electron chi connectivity index (χ4n) is 1.80. The number of hydrogen-bond donors (Lipinski definition) is 1. The van der Waals surface area contributed by atoms with Gasteiger partial charge in [0.1, 0.15) is 12.0 Å². The number of ether oxygens (including phenoxy) is 1. The summed E-state index contributed by atoms with van der Waals surface area (Å²) in [6.07, 6.45) is 2.41. The lowest BCUT2D eigenvalue weighted by molar-refractivity contribution is -0.108. The normalized spacial score (nSPS) is 11.0. The molecule has 5 heteroatoms. The van der Waals surface area contributed by atoms with Crippen molar-refractivity contribution in [3.05, 3.63) is 30.0 Å². The van der Waals surface area contributed by atoms with Gasteiger partial charge in [0.15, 0.2) is 5.78 Å². The van der Waals surface area contributed by atoms with Crippen LogP contribution < -0.4 is 0 Å². The van der Waals surface area contributed by atoms with E-state index in [1.165, 1.54) is 19.1 Å². The number of carbonyl (C=O) groups excluding carboxylic acids is 2. The molecule has 0 fully saturated rings. The summed E-state index contributed by atoms with van der Waals surface area (Å²) in [5, 5.41) is 10.1. The molecule has 2 aromatic rings. The van der Waals surface area contributed by atoms with Gasteiger partial charge in [-0.1, -0.05) is 0 Å². The van der Waals surface area contributed by atoms with Crippen molar-refractivity contribution in [3.8, 4) is 5.75 Å². The second-order valence-corrected chi connectivity index (χ2v) is 5.94. The van der Waals surface area contributed by atoms with E-state index in [2.05, 4.69) is 0 Å². The Balaban J connectivity index is 0.000000346. The first kappa shape index (κ1) is 17.9. The molecule has 1 heterocycles. The molecule has 0 radical (unpaired) electrons. The molecule has 0 aliphatic rings. The minimum atomic E-state index is -0.0831. The molecular formula is C17H23NO4. The van der Waals surface area contributed by atoms with Gasteiger partial charge in [-0.05, 0) is 45.9 Å². The van der Waals surface area contributed by atoms with Gasteiger partial charge < -0.3 is 19.2 Å². The summed E-state index contributed by atoms with van der Waals surface area (Å²) < 4.78 is 6.63. The number of hydrogen-bond acceptors (Lipinski definition) is 4. The minimum Gasteiger partial charge on any atom is -0.508 e. The molecule has 2 rings (SSSR count). The Morgan fingerprint density at radius 2 is 1.95 bits per heavy atom. The zero-order valence-electron chi connectivity index (χ0n) is 13.7. The summed E-state index contributed by atoms with van der Waals surface area (Å²) in [4.78, 5) is 21.9. The molecular weight excluding hydrogens is 282 g/mol. The van der Waals surface area contributed by atoms with E-state index in [0.717, 1.165) is 11.8 Å². The monoisotopic (exact) mass is 305 g/mol. The predicted molar refractivity (Wildman–Crippen MR) is 86.4 cm³/mol. The van der Waals surface area contributed by atoms with Crippen molar-refractivity contribution >= 4 is 23.0 Å². The van der Waals surface area contributed by atoms with E-state index < -0.39 is 0 Å². The molecule has 120 valence electrons. The quantitative estimate of drug-likeness (QED) is 0.698. The van der Waals surface area contributed by atoms with E-state index in [4.69, 9.17) is 4.74 Å². The Hall–Kier alpha value is -2.14. The molecule has 22 heavy (non-hydrogen) atoms. The number of benzene rings is 1. The van der Waals surface area contributed by atoms with Crippen LogP contribution in [0.2, 0.25) is 0 Å². The van der Waals surface area contributed by atoms with Crippen molar-refractivity contribution in [2.45, 2.75) is 39.8 Å². The number of methoxy groups -OCH3 is 1. The lowest BCUT2D eigenvalue weighted by Crippen LogP contribution is -2.15. The number of rotatable bonds is 3. The molecule has 0 atom stereocenters. The molecule has 0 saturated carbocycles. The second-order valence-electron chi connectivity index (χ2n) is 5.94. The zero-order valence-corrected chi connectivity index (χ0v) is 13.7. The van der Waals surface area contributed by atoms with Crippen molar-refractivity contribution in [2.24, 2.45) is 0 Å². The third-order valence-corrected chi connectivity index (χ3v) is 3.13. The number of phenolic OH excluding ortho intramolecular Hbond substituents is 1. The van der Waals surface area contributed by atoms with Gasteiger partial charge >= 0.3 is 0 Å². The van der Waals surface area contributed by atoms with Crippen molar-refractivity contribution < 1.29 is 19.4 Å². The smallest absolute Gasteiger partial charge is 0.161 e. The van der Waals surface area contributed by atoms with Crippen molar-refractivity contribution in [1.82, 2.24) is 4.57 Å². The molecule has 0 aliphatic heterocycles. The summed E-state index contributed by atoms with van der Waals surface area (Å²) >= 11 is 0. The van der Waals surface area contributed by atoms with E-state index in [1.807, 2.05) is 20.8 Å². The lowest BCUT2D eigenvalue weighted by atomic mass is 10.1. The minimum absolute atomic E-state index is 0.0417. The number of phenols is 1. The predicted octanol–water partition coefficient (Wildman–Crippen LogP) is 3.18. The number of aromatic hydroxyl groups is 1. The molecule has 5 nitrogen and oxygen atoms in total. The molecule has 1 N–H and O–H groups in total. The highest BCUT2D eigenvalue weighted by Gasteiger charge is 2.12. The number of fused-ring (bicyclic) bond motifs is 1. The van der Waals surface area contributed by atoms with Crippen molar-refractivity contribution in [1.29, 1.82) is 0 Å². The number of nitrogens with zero attached hydrogens (tertiary/aromatic N) is 1. The molecule has 1 aromatic heterocycles. The van der Waals surface area contributed by atoms with Gasteiger partial charge in [-0.3, -0.25) is 4.79 Å². The van der Waals surface area contributed by atoms with Crippen LogP contribution >= 0.6 is 0 Å². The standard InChI is InChI=1S/C12H11NO3.C5H12O/c1-8(15)11-7-13(4-5-14)12-3-2-9(16)6-10(11)12;1-5(2,3)6-4/h2-3,5-7,16H,4H2,1H3;1-4H3. The van der Waals surface area contributed by atoms with Gasteiger partial charge in [-0.15, -0.1) is 0 Å². The van der Waals surface area contributed by atoms with Crippen LogP contribution in [0.3, 0.4) is 0 Å². The highest BCUT2D eigenvalue weighted by Crippen LogP contribution is 2.25. The van der Waals surface area contributed by atoms with Crippen LogP contribution in [-0.4, -0.2) is 34.5 Å². The Morgan fingerprint density at radius 1 is 1.36 bits per heavy atom. The third-order valence-electron chi connectivity index (χ3n) is 3.13. The molecule has 0 amide bonds. The fraction of sp³-hybridized carbons (Fsp3) is 0.412. The highest BCUT2D eigenvalue weighted by molar-refractivity contribution is 6.07. The largest absolute Gasteiger partial charge is 0.508 e. The Morgan fingerprint density at radius 3 is 2.41 bits per heavy atom. The van der Waals surface area contributed by atoms with E-state index in [0.29, 0.717) is 10.9 Å². The van der Waals surface area contributed by atoms with Crippen LogP contribution in [-0.2, 0) is 16.1 Å². The number of aromatic nitrogens is 1. The van der Waals surface area contributed by atoms with E-state index >= 15 is 0 Å². The van der Waals surface area contributed by atoms with Gasteiger partial charge in [-0.2, -0.15) is 0 Å². The molecule has 0 bridgehead atoms. The molecule has 1 aromatic carbocycles. The second kappa shape index (κ2) is 7.22. The van der Waals surface area contributed by atoms with Gasteiger partial charge in [0, 0.05) is 29.8 Å². The van der Waals surface area contributed by atoms with Gasteiger partial charge in [0.05, 0.1) is 12.1 Å². The Labute approximate surface area is 130 Å². The summed E-state index contributed by atoms with van der Waals surface area (Å²) in [5.41, 5.74) is 1.34. The summed E-state index contributed by atoms with van der Waals surface area (Å²) in [7, 11) is 1.71. The number of ketones is 1. The first-order valence-electron chi connectivity index (χ1n) is 7.01. The topological polar surface area (TPSA) is 68.5 Å².